The quantitative estimate of drug-likeness (QED) is 0.273. The first kappa shape index (κ1) is 30.2. The van der Waals surface area contributed by atoms with Crippen LogP contribution in [0.5, 0.6) is 5.75 Å². The van der Waals surface area contributed by atoms with Crippen LogP contribution in [0.25, 0.3) is 0 Å². The number of nitrogens with two attached hydrogens (primary N) is 1. The largest absolute Gasteiger partial charge is 0.508 e. The van der Waals surface area contributed by atoms with Gasteiger partial charge in [-0.3, -0.25) is 9.59 Å². The number of carbonyl (C=O) groups is 3. The zero-order chi connectivity index (χ0) is 29.1. The summed E-state index contributed by atoms with van der Waals surface area (Å²) in [6, 6.07) is 24.6. The predicted molar refractivity (Wildman–Crippen MR) is 154 cm³/mol. The van der Waals surface area contributed by atoms with Gasteiger partial charge in [0.2, 0.25) is 11.8 Å². The van der Waals surface area contributed by atoms with E-state index in [9.17, 15) is 19.5 Å². The molecule has 3 aromatic carbocycles. The number of primary amides is 1. The number of nitrogens with zero attached hydrogens (tertiary/aromatic N) is 1. The van der Waals surface area contributed by atoms with Crippen LogP contribution in [0.1, 0.15) is 62.6 Å². The normalized spacial score (nSPS) is 12.0. The van der Waals surface area contributed by atoms with Crippen molar-refractivity contribution in [1.82, 2.24) is 10.2 Å². The number of ether oxygens (including phenoxy) is 1. The summed E-state index contributed by atoms with van der Waals surface area (Å²) >= 11 is 0. The first-order chi connectivity index (χ1) is 19.0. The van der Waals surface area contributed by atoms with Crippen molar-refractivity contribution >= 4 is 17.9 Å². The monoisotopic (exact) mass is 545 g/mol. The molecule has 0 bridgehead atoms. The number of hydrogen-bond acceptors (Lipinski definition) is 5. The van der Waals surface area contributed by atoms with E-state index in [0.717, 1.165) is 16.7 Å². The maximum Gasteiger partial charge on any atom is 0.407 e. The third-order valence-electron chi connectivity index (χ3n) is 6.36. The molecule has 1 atom stereocenters. The summed E-state index contributed by atoms with van der Waals surface area (Å²) in [5.41, 5.74) is 7.67. The third kappa shape index (κ3) is 9.15. The third-order valence-corrected chi connectivity index (χ3v) is 6.36. The van der Waals surface area contributed by atoms with Gasteiger partial charge in [-0.1, -0.05) is 72.8 Å². The second-order valence-electron chi connectivity index (χ2n) is 10.7. The Labute approximate surface area is 236 Å². The number of aromatic hydroxyl groups is 1. The first-order valence-corrected chi connectivity index (χ1v) is 13.5. The van der Waals surface area contributed by atoms with Crippen LogP contribution < -0.4 is 11.1 Å². The molecule has 4 N–H and O–H groups in total. The highest BCUT2D eigenvalue weighted by Gasteiger charge is 2.34. The summed E-state index contributed by atoms with van der Waals surface area (Å²) in [7, 11) is 0. The number of nitrogens with one attached hydrogen (secondary N) is 1. The zero-order valence-electron chi connectivity index (χ0n) is 23.4. The average molecular weight is 546 g/mol. The van der Waals surface area contributed by atoms with Crippen LogP contribution in [0, 0.1) is 0 Å². The summed E-state index contributed by atoms with van der Waals surface area (Å²) < 4.78 is 5.26. The molecule has 0 saturated carbocycles. The first-order valence-electron chi connectivity index (χ1n) is 13.5. The molecule has 3 rings (SSSR count). The number of alkyl carbamates (subject to hydrolysis) is 1. The Balaban J connectivity index is 1.85. The molecule has 3 aromatic rings. The standard InChI is InChI=1S/C32H39N3O5/c1-32(2,3)40-31(39)34-21-11-10-16-27(29(33)37)35(22-23-17-19-26(36)20-18-23)30(38)28(24-12-6-4-7-13-24)25-14-8-5-9-15-25/h4-9,12-15,17-20,27-28,36H,10-11,16,21-22H2,1-3H3,(H2,33,37)(H,34,39)/t27-/m1/s1. The molecule has 212 valence electrons. The van der Waals surface area contributed by atoms with E-state index in [1.54, 1.807) is 49.9 Å². The Hall–Kier alpha value is -4.33. The fourth-order valence-corrected chi connectivity index (χ4v) is 4.49. The SMILES string of the molecule is CC(C)(C)OC(=O)NCCCC[C@H](C(N)=O)N(Cc1ccc(O)cc1)C(=O)C(c1ccccc1)c1ccccc1. The topological polar surface area (TPSA) is 122 Å². The molecule has 0 heterocycles. The van der Waals surface area contributed by atoms with Gasteiger partial charge in [0, 0.05) is 13.1 Å². The van der Waals surface area contributed by atoms with Crippen LogP contribution in [-0.2, 0) is 20.9 Å². The zero-order valence-corrected chi connectivity index (χ0v) is 23.4. The smallest absolute Gasteiger partial charge is 0.407 e. The number of benzene rings is 3. The Kier molecular flexibility index (Phi) is 10.7. The van der Waals surface area contributed by atoms with Gasteiger partial charge in [-0.25, -0.2) is 4.79 Å². The molecule has 0 aromatic heterocycles. The fourth-order valence-electron chi connectivity index (χ4n) is 4.49. The number of rotatable bonds is 12. The van der Waals surface area contributed by atoms with Crippen molar-refractivity contribution in [3.63, 3.8) is 0 Å². The average Bonchev–Trinajstić information content (AvgIpc) is 2.91. The van der Waals surface area contributed by atoms with Crippen molar-refractivity contribution in [1.29, 1.82) is 0 Å². The molecule has 0 aliphatic rings. The number of carbonyl (C=O) groups excluding carboxylic acids is 3. The van der Waals surface area contributed by atoms with E-state index >= 15 is 0 Å². The molecule has 0 radical (unpaired) electrons. The summed E-state index contributed by atoms with van der Waals surface area (Å²) in [6.45, 7) is 5.88. The minimum atomic E-state index is -0.877. The van der Waals surface area contributed by atoms with Crippen molar-refractivity contribution in [3.8, 4) is 5.75 Å². The van der Waals surface area contributed by atoms with Gasteiger partial charge in [-0.05, 0) is 68.9 Å². The van der Waals surface area contributed by atoms with Crippen LogP contribution >= 0.6 is 0 Å². The number of unbranched alkanes of at least 4 members (excludes halogenated alkanes) is 1. The molecule has 40 heavy (non-hydrogen) atoms. The second kappa shape index (κ2) is 14.2. The van der Waals surface area contributed by atoms with E-state index in [1.165, 1.54) is 0 Å². The lowest BCUT2D eigenvalue weighted by Crippen LogP contribution is -2.49. The Morgan fingerprint density at radius 1 is 0.875 bits per heavy atom. The van der Waals surface area contributed by atoms with Gasteiger partial charge < -0.3 is 25.8 Å². The second-order valence-corrected chi connectivity index (χ2v) is 10.7. The lowest BCUT2D eigenvalue weighted by atomic mass is 9.89. The van der Waals surface area contributed by atoms with Gasteiger partial charge in [0.05, 0.1) is 5.92 Å². The van der Waals surface area contributed by atoms with E-state index in [0.29, 0.717) is 25.8 Å². The lowest BCUT2D eigenvalue weighted by Gasteiger charge is -2.33. The number of amides is 3. The van der Waals surface area contributed by atoms with Gasteiger partial charge in [0.15, 0.2) is 0 Å². The van der Waals surface area contributed by atoms with Crippen molar-refractivity contribution in [2.75, 3.05) is 6.54 Å². The maximum atomic E-state index is 14.4. The number of hydrogen-bond donors (Lipinski definition) is 3. The Morgan fingerprint density at radius 2 is 1.43 bits per heavy atom. The van der Waals surface area contributed by atoms with E-state index in [4.69, 9.17) is 10.5 Å². The maximum absolute atomic E-state index is 14.4. The number of phenolic OH excluding ortho intramolecular Hbond substituents is 1. The van der Waals surface area contributed by atoms with Gasteiger partial charge >= 0.3 is 6.09 Å². The van der Waals surface area contributed by atoms with Crippen molar-refractivity contribution in [2.24, 2.45) is 5.73 Å². The van der Waals surface area contributed by atoms with E-state index in [1.807, 2.05) is 60.7 Å². The molecule has 0 unspecified atom stereocenters. The summed E-state index contributed by atoms with van der Waals surface area (Å²) in [6.07, 6.45) is 0.942. The van der Waals surface area contributed by atoms with Gasteiger partial charge in [0.25, 0.3) is 0 Å². The highest BCUT2D eigenvalue weighted by molar-refractivity contribution is 5.92. The highest BCUT2D eigenvalue weighted by Crippen LogP contribution is 2.29. The lowest BCUT2D eigenvalue weighted by molar-refractivity contribution is -0.141. The van der Waals surface area contributed by atoms with E-state index in [-0.39, 0.29) is 18.2 Å². The predicted octanol–water partition coefficient (Wildman–Crippen LogP) is 5.10. The van der Waals surface area contributed by atoms with Crippen LogP contribution in [0.15, 0.2) is 84.9 Å². The van der Waals surface area contributed by atoms with Crippen molar-refractivity contribution in [2.45, 2.75) is 64.1 Å². The summed E-state index contributed by atoms with van der Waals surface area (Å²) in [5.74, 6) is -1.39. The van der Waals surface area contributed by atoms with Crippen LogP contribution in [-0.4, -0.2) is 46.1 Å². The molecule has 0 saturated heterocycles. The molecule has 0 fully saturated rings. The molecular formula is C32H39N3O5. The van der Waals surface area contributed by atoms with Crippen LogP contribution in [0.4, 0.5) is 4.79 Å². The summed E-state index contributed by atoms with van der Waals surface area (Å²) in [4.78, 5) is 40.7. The van der Waals surface area contributed by atoms with Crippen LogP contribution in [0.3, 0.4) is 0 Å². The van der Waals surface area contributed by atoms with Gasteiger partial charge in [-0.15, -0.1) is 0 Å². The molecule has 0 spiro atoms. The molecular weight excluding hydrogens is 506 g/mol. The Bertz CT molecular complexity index is 1200. The van der Waals surface area contributed by atoms with Crippen molar-refractivity contribution < 1.29 is 24.2 Å². The highest BCUT2D eigenvalue weighted by atomic mass is 16.6. The molecule has 8 nitrogen and oxygen atoms in total. The minimum Gasteiger partial charge on any atom is -0.508 e. The van der Waals surface area contributed by atoms with Crippen molar-refractivity contribution in [3.05, 3.63) is 102 Å². The fraction of sp³-hybridized carbons (Fsp3) is 0.344. The summed E-state index contributed by atoms with van der Waals surface area (Å²) in [5, 5.41) is 12.5. The Morgan fingerprint density at radius 3 is 1.93 bits per heavy atom. The number of phenols is 1. The van der Waals surface area contributed by atoms with Crippen LogP contribution in [0.2, 0.25) is 0 Å². The van der Waals surface area contributed by atoms with Gasteiger partial charge in [-0.2, -0.15) is 0 Å². The van der Waals surface area contributed by atoms with Gasteiger partial charge in [0.1, 0.15) is 17.4 Å². The van der Waals surface area contributed by atoms with E-state index < -0.39 is 29.6 Å². The minimum absolute atomic E-state index is 0.108. The molecule has 3 amide bonds. The molecule has 8 heteroatoms. The van der Waals surface area contributed by atoms with E-state index in [2.05, 4.69) is 5.32 Å². The molecule has 0 aliphatic heterocycles. The molecule has 0 aliphatic carbocycles.